The lowest BCUT2D eigenvalue weighted by atomic mass is 10.3. The zero-order chi connectivity index (χ0) is 13.1. The Hall–Kier alpha value is -1.49. The van der Waals surface area contributed by atoms with Crippen LogP contribution >= 0.6 is 15.9 Å². The van der Waals surface area contributed by atoms with Crippen LogP contribution in [0.25, 0.3) is 0 Å². The van der Waals surface area contributed by atoms with Gasteiger partial charge in [-0.05, 0) is 18.2 Å². The number of nitrogens with zero attached hydrogens (tertiary/aromatic N) is 3. The molecule has 4 nitrogen and oxygen atoms in total. The van der Waals surface area contributed by atoms with Gasteiger partial charge in [0.1, 0.15) is 0 Å². The monoisotopic (exact) mass is 308 g/mol. The molecule has 18 heavy (non-hydrogen) atoms. The SMILES string of the molecule is CN(C)c1ncc(CNc2cccc(Br)c2)n1C. The maximum atomic E-state index is 4.38. The van der Waals surface area contributed by atoms with Crippen molar-refractivity contribution in [3.63, 3.8) is 0 Å². The summed E-state index contributed by atoms with van der Waals surface area (Å²) in [6, 6.07) is 8.14. The largest absolute Gasteiger partial charge is 0.379 e. The van der Waals surface area contributed by atoms with E-state index in [-0.39, 0.29) is 0 Å². The molecule has 0 aliphatic rings. The number of benzene rings is 1. The molecule has 0 spiro atoms. The van der Waals surface area contributed by atoms with E-state index in [1.807, 2.05) is 50.4 Å². The van der Waals surface area contributed by atoms with Gasteiger partial charge in [-0.1, -0.05) is 22.0 Å². The third-order valence-electron chi connectivity index (χ3n) is 2.76. The Kier molecular flexibility index (Phi) is 3.91. The van der Waals surface area contributed by atoms with E-state index < -0.39 is 0 Å². The standard InChI is InChI=1S/C13H17BrN4/c1-17(2)13-16-9-12(18(13)3)8-15-11-6-4-5-10(14)7-11/h4-7,9,15H,8H2,1-3H3. The van der Waals surface area contributed by atoms with Crippen LogP contribution in [-0.4, -0.2) is 23.6 Å². The molecule has 0 saturated heterocycles. The van der Waals surface area contributed by atoms with Gasteiger partial charge in [-0.25, -0.2) is 4.98 Å². The number of imidazole rings is 1. The summed E-state index contributed by atoms with van der Waals surface area (Å²) in [6.45, 7) is 0.758. The Bertz CT molecular complexity index is 534. The van der Waals surface area contributed by atoms with Crippen molar-refractivity contribution in [1.82, 2.24) is 9.55 Å². The van der Waals surface area contributed by atoms with Gasteiger partial charge in [-0.3, -0.25) is 0 Å². The summed E-state index contributed by atoms with van der Waals surface area (Å²) < 4.78 is 3.16. The first-order valence-electron chi connectivity index (χ1n) is 5.75. The van der Waals surface area contributed by atoms with Crippen LogP contribution in [0.15, 0.2) is 34.9 Å². The second-order valence-electron chi connectivity index (χ2n) is 4.37. The Morgan fingerprint density at radius 2 is 2.17 bits per heavy atom. The fourth-order valence-electron chi connectivity index (χ4n) is 1.80. The maximum Gasteiger partial charge on any atom is 0.204 e. The van der Waals surface area contributed by atoms with Crippen molar-refractivity contribution >= 4 is 27.6 Å². The van der Waals surface area contributed by atoms with E-state index in [0.717, 1.165) is 28.3 Å². The first-order valence-corrected chi connectivity index (χ1v) is 6.54. The quantitative estimate of drug-likeness (QED) is 0.943. The lowest BCUT2D eigenvalue weighted by Crippen LogP contribution is -2.15. The minimum atomic E-state index is 0.758. The summed E-state index contributed by atoms with van der Waals surface area (Å²) >= 11 is 3.46. The fourth-order valence-corrected chi connectivity index (χ4v) is 2.20. The van der Waals surface area contributed by atoms with Crippen LogP contribution in [-0.2, 0) is 13.6 Å². The molecule has 0 aliphatic heterocycles. The molecule has 0 atom stereocenters. The van der Waals surface area contributed by atoms with Crippen molar-refractivity contribution in [3.8, 4) is 0 Å². The van der Waals surface area contributed by atoms with E-state index in [0.29, 0.717) is 0 Å². The average Bonchev–Trinajstić information content (AvgIpc) is 2.68. The molecule has 1 heterocycles. The first-order chi connectivity index (χ1) is 8.58. The van der Waals surface area contributed by atoms with Gasteiger partial charge in [0, 0.05) is 31.3 Å². The first kappa shape index (κ1) is 13.0. The smallest absolute Gasteiger partial charge is 0.204 e. The molecule has 0 aliphatic carbocycles. The summed E-state index contributed by atoms with van der Waals surface area (Å²) in [5.41, 5.74) is 2.25. The Balaban J connectivity index is 2.07. The van der Waals surface area contributed by atoms with E-state index in [9.17, 15) is 0 Å². The maximum absolute atomic E-state index is 4.38. The molecule has 0 fully saturated rings. The highest BCUT2D eigenvalue weighted by Crippen LogP contribution is 2.17. The van der Waals surface area contributed by atoms with Crippen LogP contribution in [0.1, 0.15) is 5.69 Å². The Morgan fingerprint density at radius 3 is 2.78 bits per heavy atom. The topological polar surface area (TPSA) is 33.1 Å². The molecular formula is C13H17BrN4. The van der Waals surface area contributed by atoms with Crippen LogP contribution in [0.3, 0.4) is 0 Å². The van der Waals surface area contributed by atoms with Crippen LogP contribution in [0.2, 0.25) is 0 Å². The minimum absolute atomic E-state index is 0.758. The molecular weight excluding hydrogens is 292 g/mol. The number of hydrogen-bond donors (Lipinski definition) is 1. The molecule has 2 aromatic rings. The molecule has 0 saturated carbocycles. The van der Waals surface area contributed by atoms with Crippen LogP contribution < -0.4 is 10.2 Å². The van der Waals surface area contributed by atoms with Crippen LogP contribution in [0.5, 0.6) is 0 Å². The number of rotatable bonds is 4. The molecule has 1 N–H and O–H groups in total. The number of anilines is 2. The molecule has 1 aromatic heterocycles. The molecule has 0 unspecified atom stereocenters. The highest BCUT2D eigenvalue weighted by Gasteiger charge is 2.07. The van der Waals surface area contributed by atoms with Crippen LogP contribution in [0.4, 0.5) is 11.6 Å². The lowest BCUT2D eigenvalue weighted by Gasteiger charge is -2.13. The molecule has 0 bridgehead atoms. The summed E-state index contributed by atoms with van der Waals surface area (Å²) in [4.78, 5) is 6.39. The molecule has 0 amide bonds. The molecule has 96 valence electrons. The number of halogens is 1. The van der Waals surface area contributed by atoms with Crippen LogP contribution in [0, 0.1) is 0 Å². The van der Waals surface area contributed by atoms with Gasteiger partial charge in [-0.2, -0.15) is 0 Å². The second-order valence-corrected chi connectivity index (χ2v) is 5.28. The van der Waals surface area contributed by atoms with Crippen molar-refractivity contribution < 1.29 is 0 Å². The van der Waals surface area contributed by atoms with Gasteiger partial charge in [-0.15, -0.1) is 0 Å². The second kappa shape index (κ2) is 5.44. The highest BCUT2D eigenvalue weighted by atomic mass is 79.9. The third-order valence-corrected chi connectivity index (χ3v) is 3.25. The van der Waals surface area contributed by atoms with Crippen molar-refractivity contribution in [2.24, 2.45) is 7.05 Å². The normalized spacial score (nSPS) is 10.4. The predicted octanol–water partition coefficient (Wildman–Crippen LogP) is 2.86. The number of nitrogens with one attached hydrogen (secondary N) is 1. The number of aromatic nitrogens is 2. The van der Waals surface area contributed by atoms with Crippen molar-refractivity contribution in [3.05, 3.63) is 40.6 Å². The Labute approximate surface area is 116 Å². The van der Waals surface area contributed by atoms with Gasteiger partial charge in [0.25, 0.3) is 0 Å². The van der Waals surface area contributed by atoms with Gasteiger partial charge < -0.3 is 14.8 Å². The summed E-state index contributed by atoms with van der Waals surface area (Å²) in [7, 11) is 6.02. The van der Waals surface area contributed by atoms with Crippen molar-refractivity contribution in [2.45, 2.75) is 6.54 Å². The fraction of sp³-hybridized carbons (Fsp3) is 0.308. The molecule has 5 heteroatoms. The summed E-state index contributed by atoms with van der Waals surface area (Å²) in [5.74, 6) is 0.959. The predicted molar refractivity (Wildman–Crippen MR) is 79.0 cm³/mol. The Morgan fingerprint density at radius 1 is 1.39 bits per heavy atom. The highest BCUT2D eigenvalue weighted by molar-refractivity contribution is 9.10. The van der Waals surface area contributed by atoms with E-state index in [1.165, 1.54) is 0 Å². The van der Waals surface area contributed by atoms with Crippen molar-refractivity contribution in [1.29, 1.82) is 0 Å². The molecule has 2 rings (SSSR count). The van der Waals surface area contributed by atoms with Gasteiger partial charge >= 0.3 is 0 Å². The minimum Gasteiger partial charge on any atom is -0.379 e. The van der Waals surface area contributed by atoms with E-state index in [2.05, 4.69) is 36.9 Å². The van der Waals surface area contributed by atoms with Gasteiger partial charge in [0.15, 0.2) is 0 Å². The third kappa shape index (κ3) is 2.85. The zero-order valence-corrected chi connectivity index (χ0v) is 12.4. The zero-order valence-electron chi connectivity index (χ0n) is 10.8. The van der Waals surface area contributed by atoms with E-state index >= 15 is 0 Å². The summed E-state index contributed by atoms with van der Waals surface area (Å²) in [6.07, 6.45) is 1.90. The number of hydrogen-bond acceptors (Lipinski definition) is 3. The lowest BCUT2D eigenvalue weighted by molar-refractivity contribution is 0.814. The molecule has 1 aromatic carbocycles. The van der Waals surface area contributed by atoms with Crippen molar-refractivity contribution in [2.75, 3.05) is 24.3 Å². The molecule has 0 radical (unpaired) electrons. The van der Waals surface area contributed by atoms with Gasteiger partial charge in [0.2, 0.25) is 5.95 Å². The van der Waals surface area contributed by atoms with E-state index in [1.54, 1.807) is 0 Å². The van der Waals surface area contributed by atoms with E-state index in [4.69, 9.17) is 0 Å². The van der Waals surface area contributed by atoms with Gasteiger partial charge in [0.05, 0.1) is 18.4 Å². The summed E-state index contributed by atoms with van der Waals surface area (Å²) in [5, 5.41) is 3.39. The average molecular weight is 309 g/mol.